The fourth-order valence-corrected chi connectivity index (χ4v) is 2.59. The van der Waals surface area contributed by atoms with E-state index in [1.54, 1.807) is 6.07 Å². The first-order valence-corrected chi connectivity index (χ1v) is 6.44. The Morgan fingerprint density at radius 2 is 2.21 bits per heavy atom. The van der Waals surface area contributed by atoms with Crippen molar-refractivity contribution in [3.63, 3.8) is 0 Å². The third-order valence-corrected chi connectivity index (χ3v) is 3.80. The van der Waals surface area contributed by atoms with Crippen LogP contribution in [-0.4, -0.2) is 21.9 Å². The molecule has 0 saturated heterocycles. The molecule has 0 aliphatic heterocycles. The second-order valence-corrected chi connectivity index (χ2v) is 4.94. The van der Waals surface area contributed by atoms with Crippen LogP contribution in [-0.2, 0) is 11.8 Å². The predicted molar refractivity (Wildman–Crippen MR) is 66.1 cm³/mol. The van der Waals surface area contributed by atoms with Gasteiger partial charge in [0.1, 0.15) is 5.82 Å². The van der Waals surface area contributed by atoms with Crippen LogP contribution in [0.5, 0.6) is 0 Å². The molecule has 1 aromatic heterocycles. The molecule has 1 aliphatic carbocycles. The topological polar surface area (TPSA) is 59.2 Å². The van der Waals surface area contributed by atoms with Crippen LogP contribution >= 0.6 is 0 Å². The molecule has 0 bridgehead atoms. The monoisotopic (exact) mass is 262 g/mol. The summed E-state index contributed by atoms with van der Waals surface area (Å²) in [6.45, 7) is -0.00800. The Morgan fingerprint density at radius 1 is 1.37 bits per heavy atom. The van der Waals surface area contributed by atoms with Gasteiger partial charge in [0, 0.05) is 6.42 Å². The summed E-state index contributed by atoms with van der Waals surface area (Å²) in [7, 11) is 0. The summed E-state index contributed by atoms with van der Waals surface area (Å²) in [5.74, 6) is 0.784. The SMILES string of the molecule is OCCc1noc(C2(c3cccc(F)c3)CCC2)n1. The number of aromatic nitrogens is 2. The smallest absolute Gasteiger partial charge is 0.237 e. The molecule has 0 radical (unpaired) electrons. The number of halogens is 1. The van der Waals surface area contributed by atoms with Crippen molar-refractivity contribution < 1.29 is 14.0 Å². The van der Waals surface area contributed by atoms with Gasteiger partial charge in [-0.15, -0.1) is 0 Å². The third kappa shape index (κ3) is 2.04. The molecule has 1 saturated carbocycles. The first-order valence-electron chi connectivity index (χ1n) is 6.44. The van der Waals surface area contributed by atoms with Gasteiger partial charge < -0.3 is 9.63 Å². The minimum atomic E-state index is -0.344. The normalized spacial score (nSPS) is 17.2. The maximum atomic E-state index is 13.4. The molecule has 4 nitrogen and oxygen atoms in total. The van der Waals surface area contributed by atoms with Gasteiger partial charge in [-0.2, -0.15) is 4.98 Å². The first kappa shape index (κ1) is 12.3. The first-order chi connectivity index (χ1) is 9.24. The van der Waals surface area contributed by atoms with Gasteiger partial charge in [0.15, 0.2) is 5.82 Å². The van der Waals surface area contributed by atoms with Gasteiger partial charge in [-0.3, -0.25) is 0 Å². The van der Waals surface area contributed by atoms with Crippen LogP contribution in [0.2, 0.25) is 0 Å². The molecule has 1 aromatic carbocycles. The molecule has 2 aromatic rings. The highest BCUT2D eigenvalue weighted by atomic mass is 19.1. The zero-order chi connectivity index (χ0) is 13.3. The third-order valence-electron chi connectivity index (χ3n) is 3.80. The van der Waals surface area contributed by atoms with Crippen LogP contribution in [0.25, 0.3) is 0 Å². The van der Waals surface area contributed by atoms with Gasteiger partial charge >= 0.3 is 0 Å². The number of hydrogen-bond acceptors (Lipinski definition) is 4. The van der Waals surface area contributed by atoms with Gasteiger partial charge in [-0.1, -0.05) is 23.7 Å². The second kappa shape index (κ2) is 4.74. The molecule has 1 fully saturated rings. The maximum absolute atomic E-state index is 13.4. The summed E-state index contributed by atoms with van der Waals surface area (Å²) >= 11 is 0. The van der Waals surface area contributed by atoms with E-state index in [0.29, 0.717) is 18.1 Å². The van der Waals surface area contributed by atoms with E-state index in [1.807, 2.05) is 6.07 Å². The highest BCUT2D eigenvalue weighted by molar-refractivity contribution is 5.35. The highest BCUT2D eigenvalue weighted by Crippen LogP contribution is 2.48. The van der Waals surface area contributed by atoms with Gasteiger partial charge in [0.25, 0.3) is 0 Å². The largest absolute Gasteiger partial charge is 0.396 e. The lowest BCUT2D eigenvalue weighted by molar-refractivity contribution is 0.215. The molecule has 0 atom stereocenters. The molecular weight excluding hydrogens is 247 g/mol. The average molecular weight is 262 g/mol. The standard InChI is InChI=1S/C14H15FN2O2/c15-11-4-1-3-10(9-11)14(6-2-7-14)13-16-12(5-8-18)17-19-13/h1,3-4,9,18H,2,5-8H2. The zero-order valence-corrected chi connectivity index (χ0v) is 10.5. The molecule has 1 aliphatic rings. The molecule has 5 heteroatoms. The van der Waals surface area contributed by atoms with Crippen molar-refractivity contribution in [3.8, 4) is 0 Å². The van der Waals surface area contributed by atoms with Crippen LogP contribution in [0.1, 0.15) is 36.5 Å². The van der Waals surface area contributed by atoms with Crippen LogP contribution in [0, 0.1) is 5.82 Å². The molecule has 3 rings (SSSR count). The summed E-state index contributed by atoms with van der Waals surface area (Å²) in [6.07, 6.45) is 3.21. The van der Waals surface area contributed by atoms with Crippen LogP contribution in [0.15, 0.2) is 28.8 Å². The highest BCUT2D eigenvalue weighted by Gasteiger charge is 2.45. The Bertz CT molecular complexity index is 578. The molecule has 0 spiro atoms. The van der Waals surface area contributed by atoms with Crippen molar-refractivity contribution in [2.75, 3.05) is 6.61 Å². The Labute approximate surface area is 110 Å². The van der Waals surface area contributed by atoms with E-state index < -0.39 is 0 Å². The van der Waals surface area contributed by atoms with Crippen molar-refractivity contribution in [3.05, 3.63) is 47.4 Å². The Morgan fingerprint density at radius 3 is 2.84 bits per heavy atom. The summed E-state index contributed by atoms with van der Waals surface area (Å²) in [5, 5.41) is 12.7. The Hall–Kier alpha value is -1.75. The molecular formula is C14H15FN2O2. The van der Waals surface area contributed by atoms with Crippen molar-refractivity contribution in [2.24, 2.45) is 0 Å². The number of hydrogen-bond donors (Lipinski definition) is 1. The van der Waals surface area contributed by atoms with Crippen LogP contribution < -0.4 is 0 Å². The zero-order valence-electron chi connectivity index (χ0n) is 10.5. The predicted octanol–water partition coefficient (Wildman–Crippen LogP) is 2.21. The minimum absolute atomic E-state index is 0.00800. The van der Waals surface area contributed by atoms with Crippen molar-refractivity contribution in [1.82, 2.24) is 10.1 Å². The van der Waals surface area contributed by atoms with E-state index in [9.17, 15) is 4.39 Å². The number of nitrogens with zero attached hydrogens (tertiary/aromatic N) is 2. The number of rotatable bonds is 4. The van der Waals surface area contributed by atoms with E-state index in [2.05, 4.69) is 10.1 Å². The van der Waals surface area contributed by atoms with E-state index in [4.69, 9.17) is 9.63 Å². The molecule has 0 amide bonds. The average Bonchev–Trinajstić information content (AvgIpc) is 2.77. The van der Waals surface area contributed by atoms with E-state index in [0.717, 1.165) is 24.8 Å². The Balaban J connectivity index is 1.98. The summed E-state index contributed by atoms with van der Waals surface area (Å²) in [5.41, 5.74) is 0.543. The fourth-order valence-electron chi connectivity index (χ4n) is 2.59. The van der Waals surface area contributed by atoms with Crippen LogP contribution in [0.3, 0.4) is 0 Å². The van der Waals surface area contributed by atoms with E-state index >= 15 is 0 Å². The van der Waals surface area contributed by atoms with E-state index in [-0.39, 0.29) is 17.8 Å². The van der Waals surface area contributed by atoms with Gasteiger partial charge in [0.05, 0.1) is 12.0 Å². The van der Waals surface area contributed by atoms with Crippen molar-refractivity contribution in [1.29, 1.82) is 0 Å². The number of aliphatic hydroxyl groups excluding tert-OH is 1. The Kier molecular flexibility index (Phi) is 3.06. The molecule has 0 unspecified atom stereocenters. The lowest BCUT2D eigenvalue weighted by Gasteiger charge is -2.38. The second-order valence-electron chi connectivity index (χ2n) is 4.94. The molecule has 1 heterocycles. The molecule has 19 heavy (non-hydrogen) atoms. The quantitative estimate of drug-likeness (QED) is 0.917. The van der Waals surface area contributed by atoms with Gasteiger partial charge in [-0.05, 0) is 30.5 Å². The van der Waals surface area contributed by atoms with Gasteiger partial charge in [0.2, 0.25) is 5.89 Å². The lowest BCUT2D eigenvalue weighted by Crippen LogP contribution is -2.36. The summed E-state index contributed by atoms with van der Waals surface area (Å²) < 4.78 is 18.7. The van der Waals surface area contributed by atoms with Crippen molar-refractivity contribution >= 4 is 0 Å². The number of benzene rings is 1. The molecule has 1 N–H and O–H groups in total. The minimum Gasteiger partial charge on any atom is -0.396 e. The lowest BCUT2D eigenvalue weighted by atomic mass is 9.64. The van der Waals surface area contributed by atoms with Crippen LogP contribution in [0.4, 0.5) is 4.39 Å². The van der Waals surface area contributed by atoms with Crippen molar-refractivity contribution in [2.45, 2.75) is 31.1 Å². The maximum Gasteiger partial charge on any atom is 0.237 e. The van der Waals surface area contributed by atoms with E-state index in [1.165, 1.54) is 12.1 Å². The van der Waals surface area contributed by atoms with Gasteiger partial charge in [-0.25, -0.2) is 4.39 Å². The fraction of sp³-hybridized carbons (Fsp3) is 0.429. The molecule has 100 valence electrons. The number of aliphatic hydroxyl groups is 1. The summed E-state index contributed by atoms with van der Waals surface area (Å²) in [4.78, 5) is 4.34. The summed E-state index contributed by atoms with van der Waals surface area (Å²) in [6, 6.07) is 6.57.